The Morgan fingerprint density at radius 2 is 2.19 bits per heavy atom. The molecule has 16 heavy (non-hydrogen) atoms. The number of epoxide rings is 1. The fourth-order valence-corrected chi connectivity index (χ4v) is 1.09. The van der Waals surface area contributed by atoms with Crippen LogP contribution < -0.4 is 0 Å². The Morgan fingerprint density at radius 1 is 1.44 bits per heavy atom. The van der Waals surface area contributed by atoms with Gasteiger partial charge in [-0.15, -0.1) is 0 Å². The zero-order valence-corrected chi connectivity index (χ0v) is 8.67. The molecule has 0 bridgehead atoms. The van der Waals surface area contributed by atoms with Crippen LogP contribution in [0.4, 0.5) is 0 Å². The van der Waals surface area contributed by atoms with Crippen LogP contribution in [0.2, 0.25) is 0 Å². The summed E-state index contributed by atoms with van der Waals surface area (Å²) in [6.07, 6.45) is 3.08. The third-order valence-electron chi connectivity index (χ3n) is 2.01. The predicted molar refractivity (Wildman–Crippen MR) is 57.3 cm³/mol. The smallest absolute Gasteiger partial charge is 0.365 e. The van der Waals surface area contributed by atoms with Crippen LogP contribution in [0.5, 0.6) is 0 Å². The second-order valence-corrected chi connectivity index (χ2v) is 3.39. The summed E-state index contributed by atoms with van der Waals surface area (Å²) >= 11 is 0. The normalized spacial score (nSPS) is 18.6. The SMILES string of the molecule is O=C(C=Cc1ccccc1)OOCC1CO1. The van der Waals surface area contributed by atoms with Crippen molar-refractivity contribution in [2.45, 2.75) is 6.10 Å². The number of ether oxygens (including phenoxy) is 1. The first kappa shape index (κ1) is 10.9. The lowest BCUT2D eigenvalue weighted by Gasteiger charge is -1.97. The minimum absolute atomic E-state index is 0.0888. The molecule has 0 aliphatic carbocycles. The summed E-state index contributed by atoms with van der Waals surface area (Å²) in [4.78, 5) is 20.3. The predicted octanol–water partition coefficient (Wildman–Crippen LogP) is 1.57. The molecule has 1 heterocycles. The molecule has 0 saturated carbocycles. The highest BCUT2D eigenvalue weighted by Gasteiger charge is 2.23. The van der Waals surface area contributed by atoms with E-state index in [0.717, 1.165) is 5.56 Å². The molecular formula is C12H12O4. The van der Waals surface area contributed by atoms with Gasteiger partial charge in [-0.1, -0.05) is 30.3 Å². The highest BCUT2D eigenvalue weighted by Crippen LogP contribution is 2.08. The number of hydrogen-bond donors (Lipinski definition) is 0. The average molecular weight is 220 g/mol. The molecule has 1 unspecified atom stereocenters. The van der Waals surface area contributed by atoms with E-state index in [1.807, 2.05) is 30.3 Å². The van der Waals surface area contributed by atoms with Crippen molar-refractivity contribution in [3.05, 3.63) is 42.0 Å². The molecule has 0 N–H and O–H groups in total. The number of carbonyl (C=O) groups is 1. The Labute approximate surface area is 93.4 Å². The maximum Gasteiger partial charge on any atom is 0.365 e. The van der Waals surface area contributed by atoms with Crippen LogP contribution in [0.1, 0.15) is 5.56 Å². The number of hydrogen-bond acceptors (Lipinski definition) is 4. The lowest BCUT2D eigenvalue weighted by molar-refractivity contribution is -0.268. The molecule has 84 valence electrons. The molecule has 1 atom stereocenters. The third-order valence-corrected chi connectivity index (χ3v) is 2.01. The molecule has 4 nitrogen and oxygen atoms in total. The van der Waals surface area contributed by atoms with Crippen molar-refractivity contribution in [3.63, 3.8) is 0 Å². The summed E-state index contributed by atoms with van der Waals surface area (Å²) in [5.74, 6) is -0.524. The van der Waals surface area contributed by atoms with Crippen molar-refractivity contribution in [2.75, 3.05) is 13.2 Å². The molecule has 1 aromatic carbocycles. The summed E-state index contributed by atoms with van der Waals surface area (Å²) in [5, 5.41) is 0. The Bertz CT molecular complexity index is 368. The van der Waals surface area contributed by atoms with Crippen molar-refractivity contribution in [2.24, 2.45) is 0 Å². The van der Waals surface area contributed by atoms with E-state index in [1.165, 1.54) is 6.08 Å². The van der Waals surface area contributed by atoms with Crippen molar-refractivity contribution in [1.29, 1.82) is 0 Å². The zero-order chi connectivity index (χ0) is 11.2. The number of benzene rings is 1. The molecular weight excluding hydrogens is 208 g/mol. The van der Waals surface area contributed by atoms with Crippen LogP contribution in [-0.4, -0.2) is 25.3 Å². The van der Waals surface area contributed by atoms with Crippen molar-refractivity contribution in [1.82, 2.24) is 0 Å². The van der Waals surface area contributed by atoms with Gasteiger partial charge in [0.05, 0.1) is 6.61 Å². The number of carbonyl (C=O) groups excluding carboxylic acids is 1. The molecule has 1 aliphatic heterocycles. The maximum atomic E-state index is 11.1. The van der Waals surface area contributed by atoms with Crippen LogP contribution in [0.3, 0.4) is 0 Å². The van der Waals surface area contributed by atoms with Gasteiger partial charge < -0.3 is 4.74 Å². The number of rotatable bonds is 5. The monoisotopic (exact) mass is 220 g/mol. The summed E-state index contributed by atoms with van der Waals surface area (Å²) in [5.41, 5.74) is 0.935. The van der Waals surface area contributed by atoms with E-state index >= 15 is 0 Å². The average Bonchev–Trinajstić information content (AvgIpc) is 3.12. The summed E-state index contributed by atoms with van der Waals surface area (Å²) in [7, 11) is 0. The van der Waals surface area contributed by atoms with Gasteiger partial charge in [0.2, 0.25) is 0 Å². The first-order valence-electron chi connectivity index (χ1n) is 5.03. The first-order chi connectivity index (χ1) is 7.84. The van der Waals surface area contributed by atoms with Gasteiger partial charge in [-0.25, -0.2) is 4.79 Å². The van der Waals surface area contributed by atoms with E-state index in [4.69, 9.17) is 4.74 Å². The lowest BCUT2D eigenvalue weighted by Crippen LogP contribution is -2.06. The minimum atomic E-state index is -0.524. The van der Waals surface area contributed by atoms with Crippen LogP contribution in [-0.2, 0) is 19.3 Å². The van der Waals surface area contributed by atoms with E-state index in [2.05, 4.69) is 9.78 Å². The molecule has 1 saturated heterocycles. The Hall–Kier alpha value is -1.65. The van der Waals surface area contributed by atoms with Gasteiger partial charge in [0.1, 0.15) is 12.7 Å². The largest absolute Gasteiger partial charge is 0.370 e. The van der Waals surface area contributed by atoms with Crippen molar-refractivity contribution >= 4 is 12.0 Å². The van der Waals surface area contributed by atoms with E-state index in [9.17, 15) is 4.79 Å². The molecule has 0 radical (unpaired) electrons. The van der Waals surface area contributed by atoms with Crippen LogP contribution in [0.15, 0.2) is 36.4 Å². The molecule has 2 rings (SSSR count). The van der Waals surface area contributed by atoms with E-state index in [1.54, 1.807) is 6.08 Å². The third kappa shape index (κ3) is 3.84. The summed E-state index contributed by atoms with van der Waals surface area (Å²) in [6.45, 7) is 0.975. The molecule has 0 spiro atoms. The quantitative estimate of drug-likeness (QED) is 0.327. The van der Waals surface area contributed by atoms with E-state index in [0.29, 0.717) is 13.2 Å². The van der Waals surface area contributed by atoms with Crippen LogP contribution in [0, 0.1) is 0 Å². The zero-order valence-electron chi connectivity index (χ0n) is 8.67. The lowest BCUT2D eigenvalue weighted by atomic mass is 10.2. The van der Waals surface area contributed by atoms with Gasteiger partial charge in [0.25, 0.3) is 0 Å². The standard InChI is InChI=1S/C12H12O4/c13-12(16-15-9-11-8-14-11)7-6-10-4-2-1-3-5-10/h1-7,11H,8-9H2. The van der Waals surface area contributed by atoms with Gasteiger partial charge in [0, 0.05) is 6.08 Å². The first-order valence-corrected chi connectivity index (χ1v) is 5.03. The molecule has 0 amide bonds. The molecule has 1 aromatic rings. The van der Waals surface area contributed by atoms with Gasteiger partial charge in [-0.3, -0.25) is 4.89 Å². The summed E-state index contributed by atoms with van der Waals surface area (Å²) < 4.78 is 4.89. The second-order valence-electron chi connectivity index (χ2n) is 3.39. The Kier molecular flexibility index (Phi) is 3.69. The van der Waals surface area contributed by atoms with Gasteiger partial charge >= 0.3 is 5.97 Å². The van der Waals surface area contributed by atoms with E-state index in [-0.39, 0.29) is 6.10 Å². The van der Waals surface area contributed by atoms with Gasteiger partial charge in [-0.05, 0) is 11.6 Å². The second kappa shape index (κ2) is 5.44. The van der Waals surface area contributed by atoms with E-state index < -0.39 is 5.97 Å². The molecule has 0 aromatic heterocycles. The van der Waals surface area contributed by atoms with Crippen molar-refractivity contribution < 1.29 is 19.3 Å². The Balaban J connectivity index is 1.71. The molecule has 1 fully saturated rings. The summed E-state index contributed by atoms with van der Waals surface area (Å²) in [6, 6.07) is 9.48. The van der Waals surface area contributed by atoms with Gasteiger partial charge in [-0.2, -0.15) is 4.89 Å². The van der Waals surface area contributed by atoms with Crippen molar-refractivity contribution in [3.8, 4) is 0 Å². The fraction of sp³-hybridized carbons (Fsp3) is 0.250. The highest BCUT2D eigenvalue weighted by atomic mass is 17.2. The highest BCUT2D eigenvalue weighted by molar-refractivity contribution is 5.86. The van der Waals surface area contributed by atoms with Crippen LogP contribution >= 0.6 is 0 Å². The van der Waals surface area contributed by atoms with Gasteiger partial charge in [0.15, 0.2) is 0 Å². The van der Waals surface area contributed by atoms with Crippen LogP contribution in [0.25, 0.3) is 6.08 Å². The maximum absolute atomic E-state index is 11.1. The topological polar surface area (TPSA) is 48.1 Å². The molecule has 1 aliphatic rings. The fourth-order valence-electron chi connectivity index (χ4n) is 1.09. The Morgan fingerprint density at radius 3 is 2.88 bits per heavy atom. The molecule has 4 heteroatoms. The minimum Gasteiger partial charge on any atom is -0.370 e.